The lowest BCUT2D eigenvalue weighted by atomic mass is 9.71. The number of hydrogen-bond donors (Lipinski definition) is 6. The van der Waals surface area contributed by atoms with Crippen LogP contribution in [0, 0.1) is 17.3 Å². The second-order valence-corrected chi connectivity index (χ2v) is 16.3. The van der Waals surface area contributed by atoms with Gasteiger partial charge in [-0.3, -0.25) is 19.2 Å². The molecule has 2 aliphatic heterocycles. The van der Waals surface area contributed by atoms with Crippen LogP contribution in [0.25, 0.3) is 0 Å². The Hall–Kier alpha value is -4.58. The van der Waals surface area contributed by atoms with Crippen LogP contribution in [-0.4, -0.2) is 116 Å². The van der Waals surface area contributed by atoms with Crippen LogP contribution in [0.2, 0.25) is 0 Å². The Kier molecular flexibility index (Phi) is 19.4. The van der Waals surface area contributed by atoms with Gasteiger partial charge in [0.15, 0.2) is 5.78 Å². The Balaban J connectivity index is 1.62. The van der Waals surface area contributed by atoms with Crippen LogP contribution < -0.4 is 15.6 Å². The summed E-state index contributed by atoms with van der Waals surface area (Å²) in [4.78, 5) is 51.2. The highest BCUT2D eigenvalue weighted by Gasteiger charge is 2.60. The van der Waals surface area contributed by atoms with Crippen molar-refractivity contribution < 1.29 is 58.9 Å². The summed E-state index contributed by atoms with van der Waals surface area (Å²) in [6, 6.07) is 1.39. The van der Waals surface area contributed by atoms with Crippen LogP contribution in [0.15, 0.2) is 101 Å². The van der Waals surface area contributed by atoms with Crippen molar-refractivity contribution in [2.75, 3.05) is 13.7 Å². The molecule has 3 rings (SSSR count). The van der Waals surface area contributed by atoms with Crippen molar-refractivity contribution in [3.63, 3.8) is 0 Å². The first kappa shape index (κ1) is 51.8. The molecule has 1 aromatic heterocycles. The summed E-state index contributed by atoms with van der Waals surface area (Å²) >= 11 is 0. The number of ether oxygens (including phenoxy) is 4. The number of allylic oxidation sites excluding steroid dienone is 10. The molecule has 0 aromatic carbocycles. The number of rotatable bonds is 19. The number of Topliss-reactive ketones (excluding diaryl/α,β-unsaturated/α-hetero) is 1. The highest BCUT2D eigenvalue weighted by Crippen LogP contribution is 2.44. The van der Waals surface area contributed by atoms with Crippen LogP contribution in [0.5, 0.6) is 5.75 Å². The van der Waals surface area contributed by atoms with E-state index in [4.69, 9.17) is 18.9 Å². The number of amides is 1. The lowest BCUT2D eigenvalue weighted by Crippen LogP contribution is -2.69. The molecule has 0 aliphatic carbocycles. The van der Waals surface area contributed by atoms with E-state index in [9.17, 15) is 44.7 Å². The van der Waals surface area contributed by atoms with E-state index in [2.05, 4.69) is 5.32 Å². The zero-order valence-electron chi connectivity index (χ0n) is 37.4. The van der Waals surface area contributed by atoms with E-state index in [0.29, 0.717) is 0 Å². The molecule has 2 saturated heterocycles. The summed E-state index contributed by atoms with van der Waals surface area (Å²) in [6.07, 6.45) is 13.0. The number of aryl methyl sites for hydroxylation is 1. The molecule has 1 amide bonds. The number of nitrogens with one attached hydrogen (secondary N) is 1. The number of carbonyl (C=O) groups excluding carboxylic acids is 3. The fourth-order valence-electron chi connectivity index (χ4n) is 7.53. The molecule has 3 heterocycles. The van der Waals surface area contributed by atoms with E-state index in [1.807, 2.05) is 26.8 Å². The monoisotopic (exact) mass is 866 g/mol. The van der Waals surface area contributed by atoms with Gasteiger partial charge >= 0.3 is 5.97 Å². The normalized spacial score (nSPS) is 28.7. The van der Waals surface area contributed by atoms with E-state index in [-0.39, 0.29) is 36.3 Å². The lowest BCUT2D eigenvalue weighted by Gasteiger charge is -2.53. The Morgan fingerprint density at radius 3 is 2.27 bits per heavy atom. The second-order valence-electron chi connectivity index (χ2n) is 16.3. The van der Waals surface area contributed by atoms with Gasteiger partial charge in [0.1, 0.15) is 35.7 Å². The molecule has 0 spiro atoms. The maximum absolute atomic E-state index is 13.3. The number of hydrogen-bond acceptors (Lipinski definition) is 13. The highest BCUT2D eigenvalue weighted by atomic mass is 16.7. The summed E-state index contributed by atoms with van der Waals surface area (Å²) in [5, 5.41) is 58.1. The maximum Gasteiger partial charge on any atom is 0.310 e. The molecule has 0 unspecified atom stereocenters. The fraction of sp³-hybridized carbons (Fsp3) is 0.532. The van der Waals surface area contributed by atoms with Crippen LogP contribution in [0.1, 0.15) is 78.6 Å². The minimum absolute atomic E-state index is 0.0675. The summed E-state index contributed by atoms with van der Waals surface area (Å²) in [7, 11) is 3.01. The standard InChI is InChI=1S/C47H66N2O13/c1-11-14-16-24-34-46(7,8)42(54)43(55)47(58,62-34)31(12-2)44(56)48-26-20-19-22-29(5)40(59-10)30(6)41-39(53)38(52)33(61-41)23-18-15-17-21-28(4)37(51)36-32(60-35(50)13-3)25-27-49(9)45(36)57/h11,14-25,27,30-31,33-34,38-43,52-55,58H,12-13,26H2,1-10H3,(H,48,56)/b14-11-,17-15+,20-19+,23-18+,24-16+,28-21+,29-22+/t30-,31-,33-,34+,38+,39+,40-,41+,42+,43-,47-/m1/s1. The molecular weight excluding hydrogens is 801 g/mol. The molecule has 6 N–H and O–H groups in total. The molecule has 11 atom stereocenters. The van der Waals surface area contributed by atoms with Gasteiger partial charge in [-0.25, -0.2) is 0 Å². The molecule has 0 radical (unpaired) electrons. The van der Waals surface area contributed by atoms with E-state index in [1.165, 1.54) is 44.0 Å². The Bertz CT molecular complexity index is 1990. The predicted octanol–water partition coefficient (Wildman–Crippen LogP) is 3.70. The van der Waals surface area contributed by atoms with Crippen molar-refractivity contribution in [2.24, 2.45) is 24.3 Å². The van der Waals surface area contributed by atoms with Gasteiger partial charge in [-0.1, -0.05) is 108 Å². The van der Waals surface area contributed by atoms with Crippen molar-refractivity contribution in [3.05, 3.63) is 112 Å². The Morgan fingerprint density at radius 1 is 0.968 bits per heavy atom. The number of ketones is 1. The third-order valence-corrected chi connectivity index (χ3v) is 11.5. The Morgan fingerprint density at radius 2 is 1.65 bits per heavy atom. The van der Waals surface area contributed by atoms with Crippen molar-refractivity contribution in [2.45, 2.75) is 123 Å². The molecule has 1 aromatic rings. The van der Waals surface area contributed by atoms with E-state index in [0.717, 1.165) is 5.57 Å². The molecule has 342 valence electrons. The van der Waals surface area contributed by atoms with Crippen molar-refractivity contribution in [1.82, 2.24) is 9.88 Å². The van der Waals surface area contributed by atoms with Crippen LogP contribution in [-0.2, 0) is 30.8 Å². The predicted molar refractivity (Wildman–Crippen MR) is 234 cm³/mol. The zero-order valence-corrected chi connectivity index (χ0v) is 37.4. The average molecular weight is 867 g/mol. The number of aliphatic hydroxyl groups is 5. The first-order chi connectivity index (χ1) is 29.2. The van der Waals surface area contributed by atoms with Crippen molar-refractivity contribution in [1.29, 1.82) is 0 Å². The summed E-state index contributed by atoms with van der Waals surface area (Å²) in [5.41, 5.74) is -0.837. The molecule has 15 nitrogen and oxygen atoms in total. The minimum Gasteiger partial charge on any atom is -0.425 e. The first-order valence-electron chi connectivity index (χ1n) is 20.9. The molecular formula is C47H66N2O13. The summed E-state index contributed by atoms with van der Waals surface area (Å²) < 4.78 is 24.3. The topological polar surface area (TPSA) is 223 Å². The minimum atomic E-state index is -2.35. The number of pyridine rings is 1. The van der Waals surface area contributed by atoms with E-state index < -0.39 is 95.1 Å². The molecule has 0 bridgehead atoms. The van der Waals surface area contributed by atoms with Crippen LogP contribution >= 0.6 is 0 Å². The number of esters is 1. The molecule has 62 heavy (non-hydrogen) atoms. The Labute approximate surface area is 364 Å². The third kappa shape index (κ3) is 12.1. The average Bonchev–Trinajstić information content (AvgIpc) is 3.52. The van der Waals surface area contributed by atoms with Crippen molar-refractivity contribution in [3.8, 4) is 5.75 Å². The number of aromatic nitrogens is 1. The van der Waals surface area contributed by atoms with E-state index in [1.54, 1.807) is 88.5 Å². The van der Waals surface area contributed by atoms with Gasteiger partial charge in [0, 0.05) is 44.7 Å². The quantitative estimate of drug-likeness (QED) is 0.0506. The summed E-state index contributed by atoms with van der Waals surface area (Å²) in [6.45, 7) is 13.8. The third-order valence-electron chi connectivity index (χ3n) is 11.5. The molecule has 2 fully saturated rings. The molecule has 0 saturated carbocycles. The maximum atomic E-state index is 13.3. The van der Waals surface area contributed by atoms with Gasteiger partial charge in [-0.05, 0) is 44.4 Å². The van der Waals surface area contributed by atoms with Gasteiger partial charge in [0.2, 0.25) is 11.7 Å². The van der Waals surface area contributed by atoms with Gasteiger partial charge in [0.05, 0.1) is 30.3 Å². The van der Waals surface area contributed by atoms with Gasteiger partial charge in [-0.2, -0.15) is 0 Å². The second kappa shape index (κ2) is 23.2. The van der Waals surface area contributed by atoms with Crippen LogP contribution in [0.4, 0.5) is 0 Å². The zero-order chi connectivity index (χ0) is 46.5. The van der Waals surface area contributed by atoms with Gasteiger partial charge in [-0.15, -0.1) is 0 Å². The number of methoxy groups -OCH3 is 1. The first-order valence-corrected chi connectivity index (χ1v) is 20.9. The summed E-state index contributed by atoms with van der Waals surface area (Å²) in [5.74, 6) is -5.83. The smallest absolute Gasteiger partial charge is 0.310 e. The molecule has 2 aliphatic rings. The van der Waals surface area contributed by atoms with Crippen LogP contribution in [0.3, 0.4) is 0 Å². The number of nitrogens with zero attached hydrogens (tertiary/aromatic N) is 1. The largest absolute Gasteiger partial charge is 0.425 e. The fourth-order valence-corrected chi connectivity index (χ4v) is 7.53. The van der Waals surface area contributed by atoms with Crippen molar-refractivity contribution >= 4 is 17.7 Å². The number of carbonyl (C=O) groups is 3. The van der Waals surface area contributed by atoms with Gasteiger partial charge in [0.25, 0.3) is 5.56 Å². The molecule has 15 heteroatoms. The van der Waals surface area contributed by atoms with Gasteiger partial charge < -0.3 is 54.4 Å². The number of aliphatic hydroxyl groups excluding tert-OH is 4. The highest BCUT2D eigenvalue weighted by molar-refractivity contribution is 6.10. The van der Waals surface area contributed by atoms with E-state index >= 15 is 0 Å². The SMILES string of the molecule is C/C=C\C=C\[C@@H]1O[C@](O)([C@H](CC)C(=O)NC/C=C/C=C(\C)[C@@H](OC)[C@@H](C)[C@@H]2O[C@H](/C=C/C=C/C=C(\C)C(=O)c3c(OC(=O)CC)ccn(C)c3=O)[C@H](O)[C@@H]2O)[C@H](O)[C@H](O)C1(C)C. The lowest BCUT2D eigenvalue weighted by molar-refractivity contribution is -0.359.